The summed E-state index contributed by atoms with van der Waals surface area (Å²) in [4.78, 5) is 27.5. The maximum Gasteiger partial charge on any atom is 0.417 e. The second kappa shape index (κ2) is 13.0. The Hall–Kier alpha value is -4.91. The number of carbonyl (C=O) groups is 1. The van der Waals surface area contributed by atoms with Crippen LogP contribution in [-0.4, -0.2) is 25.4 Å². The van der Waals surface area contributed by atoms with Crippen LogP contribution in [-0.2, 0) is 26.3 Å². The highest BCUT2D eigenvalue weighted by atomic mass is 32.1. The fourth-order valence-corrected chi connectivity index (χ4v) is 5.60. The van der Waals surface area contributed by atoms with Crippen LogP contribution in [0.15, 0.2) is 73.3 Å². The molecule has 6 rings (SSSR count). The zero-order valence-electron chi connectivity index (χ0n) is 24.3. The number of thiophene rings is 1. The van der Waals surface area contributed by atoms with Crippen LogP contribution < -0.4 is 10.6 Å². The molecule has 0 aliphatic heterocycles. The zero-order chi connectivity index (χ0) is 32.3. The molecular weight excluding hydrogens is 611 g/mol. The topological polar surface area (TPSA) is 84.7 Å². The zero-order valence-corrected chi connectivity index (χ0v) is 25.2. The van der Waals surface area contributed by atoms with Crippen LogP contribution in [0.2, 0.25) is 0 Å². The quantitative estimate of drug-likeness (QED) is 0.173. The van der Waals surface area contributed by atoms with Crippen LogP contribution in [0.25, 0.3) is 32.4 Å². The molecule has 4 aromatic heterocycles. The van der Waals surface area contributed by atoms with Crippen molar-refractivity contribution in [3.63, 3.8) is 0 Å². The van der Waals surface area contributed by atoms with Crippen molar-refractivity contribution in [1.82, 2.24) is 24.8 Å². The minimum absolute atomic E-state index is 0.0545. The fraction of sp³-hybridized carbons (Fsp3) is 0.188. The molecule has 0 bridgehead atoms. The Labute approximate surface area is 258 Å². The number of pyridine rings is 2. The van der Waals surface area contributed by atoms with E-state index in [4.69, 9.17) is 0 Å². The Kier molecular flexibility index (Phi) is 9.09. The molecule has 13 heteroatoms. The summed E-state index contributed by atoms with van der Waals surface area (Å²) < 4.78 is 69.0. The van der Waals surface area contributed by atoms with Crippen molar-refractivity contribution in [2.24, 2.45) is 7.05 Å². The van der Waals surface area contributed by atoms with Gasteiger partial charge in [0.25, 0.3) is 5.91 Å². The number of hydrogen-bond acceptors (Lipinski definition) is 6. The Morgan fingerprint density at radius 1 is 0.889 bits per heavy atom. The van der Waals surface area contributed by atoms with E-state index >= 15 is 0 Å². The van der Waals surface area contributed by atoms with Gasteiger partial charge in [-0.15, -0.1) is 11.3 Å². The summed E-state index contributed by atoms with van der Waals surface area (Å²) in [5.41, 5.74) is 2.36. The Balaban J connectivity index is 0.00000196. The molecule has 4 heterocycles. The summed E-state index contributed by atoms with van der Waals surface area (Å²) in [6, 6.07) is 13.5. The maximum absolute atomic E-state index is 13.5. The van der Waals surface area contributed by atoms with Crippen LogP contribution in [0.4, 0.5) is 27.8 Å². The van der Waals surface area contributed by atoms with E-state index in [0.717, 1.165) is 49.4 Å². The standard InChI is InChI=1S/C30H21F5N6OS.C2H6/c1-41-15-40-25-14-36-24-6-3-17(9-20(24)27(25)41)26-7-4-19(43-26)13-38-28-21(10-18(12-37-28)30(33,34)35)29(42)39-11-16-2-5-22(31)23(32)8-16;1-2/h2-10,12,14-15H,11,13H2,1H3,(H,37,38)(H,39,42);1-2H3. The first-order chi connectivity index (χ1) is 21.6. The van der Waals surface area contributed by atoms with Crippen LogP contribution in [0, 0.1) is 11.6 Å². The van der Waals surface area contributed by atoms with E-state index in [2.05, 4.69) is 25.6 Å². The summed E-state index contributed by atoms with van der Waals surface area (Å²) in [6.45, 7) is 3.96. The molecule has 232 valence electrons. The van der Waals surface area contributed by atoms with E-state index in [1.165, 1.54) is 17.4 Å². The maximum atomic E-state index is 13.5. The van der Waals surface area contributed by atoms with Gasteiger partial charge in [0, 0.05) is 34.9 Å². The van der Waals surface area contributed by atoms with Crippen molar-refractivity contribution < 1.29 is 26.7 Å². The first kappa shape index (κ1) is 31.5. The Morgan fingerprint density at radius 3 is 2.44 bits per heavy atom. The number of aromatic nitrogens is 4. The molecule has 0 radical (unpaired) electrons. The van der Waals surface area contributed by atoms with E-state index < -0.39 is 29.3 Å². The number of alkyl halides is 3. The lowest BCUT2D eigenvalue weighted by atomic mass is 10.1. The number of aryl methyl sites for hydroxylation is 1. The monoisotopic (exact) mass is 638 g/mol. The molecule has 7 nitrogen and oxygen atoms in total. The molecule has 0 aliphatic carbocycles. The summed E-state index contributed by atoms with van der Waals surface area (Å²) in [6.07, 6.45) is -0.602. The van der Waals surface area contributed by atoms with Crippen LogP contribution >= 0.6 is 11.3 Å². The van der Waals surface area contributed by atoms with Crippen molar-refractivity contribution in [1.29, 1.82) is 0 Å². The molecule has 0 spiro atoms. The average Bonchev–Trinajstić information content (AvgIpc) is 3.67. The van der Waals surface area contributed by atoms with E-state index in [1.807, 2.05) is 55.8 Å². The first-order valence-corrected chi connectivity index (χ1v) is 14.7. The van der Waals surface area contributed by atoms with Crippen molar-refractivity contribution in [3.05, 3.63) is 107 Å². The average molecular weight is 639 g/mol. The number of anilines is 1. The highest BCUT2D eigenvalue weighted by molar-refractivity contribution is 7.15. The summed E-state index contributed by atoms with van der Waals surface area (Å²) in [5, 5.41) is 6.37. The number of carbonyl (C=O) groups excluding carboxylic acids is 1. The summed E-state index contributed by atoms with van der Waals surface area (Å²) >= 11 is 1.48. The van der Waals surface area contributed by atoms with Crippen molar-refractivity contribution in [2.45, 2.75) is 33.1 Å². The molecule has 0 fully saturated rings. The minimum Gasteiger partial charge on any atom is -0.365 e. The summed E-state index contributed by atoms with van der Waals surface area (Å²) in [7, 11) is 1.92. The molecule has 0 unspecified atom stereocenters. The SMILES string of the molecule is CC.Cn1cnc2cnc3ccc(-c4ccc(CNc5ncc(C(F)(F)F)cc5C(=O)NCc5ccc(F)c(F)c5)s4)cc3c21. The minimum atomic E-state index is -4.72. The van der Waals surface area contributed by atoms with Gasteiger partial charge in [-0.2, -0.15) is 13.2 Å². The van der Waals surface area contributed by atoms with Crippen LogP contribution in [0.5, 0.6) is 0 Å². The third-order valence-corrected chi connectivity index (χ3v) is 7.95. The highest BCUT2D eigenvalue weighted by Gasteiger charge is 2.32. The van der Waals surface area contributed by atoms with Crippen LogP contribution in [0.1, 0.15) is 40.2 Å². The molecule has 6 aromatic rings. The van der Waals surface area contributed by atoms with Crippen molar-refractivity contribution in [3.8, 4) is 10.4 Å². The highest BCUT2D eigenvalue weighted by Crippen LogP contribution is 2.34. The van der Waals surface area contributed by atoms with Crippen molar-refractivity contribution in [2.75, 3.05) is 5.32 Å². The van der Waals surface area contributed by atoms with E-state index in [0.29, 0.717) is 12.3 Å². The first-order valence-electron chi connectivity index (χ1n) is 13.9. The third kappa shape index (κ3) is 6.78. The molecule has 1 amide bonds. The number of imidazole rings is 1. The molecule has 45 heavy (non-hydrogen) atoms. The largest absolute Gasteiger partial charge is 0.417 e. The lowest BCUT2D eigenvalue weighted by molar-refractivity contribution is -0.137. The smallest absolute Gasteiger partial charge is 0.365 e. The molecule has 2 N–H and O–H groups in total. The number of halogens is 5. The Bertz CT molecular complexity index is 2000. The van der Waals surface area contributed by atoms with Gasteiger partial charge < -0.3 is 15.2 Å². The fourth-order valence-electron chi connectivity index (χ4n) is 4.65. The van der Waals surface area contributed by atoms with Gasteiger partial charge in [0.1, 0.15) is 11.3 Å². The predicted octanol–water partition coefficient (Wildman–Crippen LogP) is 8.11. The molecule has 2 aromatic carbocycles. The van der Waals surface area contributed by atoms with Crippen LogP contribution in [0.3, 0.4) is 0 Å². The molecule has 0 saturated heterocycles. The van der Waals surface area contributed by atoms with Gasteiger partial charge in [0.15, 0.2) is 11.6 Å². The number of amides is 1. The molecule has 0 aliphatic rings. The third-order valence-electron chi connectivity index (χ3n) is 6.82. The molecular formula is C32H27F5N6OS. The Morgan fingerprint density at radius 2 is 1.69 bits per heavy atom. The van der Waals surface area contributed by atoms with Gasteiger partial charge in [-0.3, -0.25) is 9.78 Å². The molecule has 0 atom stereocenters. The number of nitrogens with one attached hydrogen (secondary N) is 2. The number of hydrogen-bond donors (Lipinski definition) is 2. The number of nitrogens with zero attached hydrogens (tertiary/aromatic N) is 4. The van der Waals surface area contributed by atoms with Crippen molar-refractivity contribution >= 4 is 45.0 Å². The normalized spacial score (nSPS) is 11.4. The number of benzene rings is 2. The predicted molar refractivity (Wildman–Crippen MR) is 165 cm³/mol. The van der Waals surface area contributed by atoms with E-state index in [1.54, 1.807) is 12.5 Å². The van der Waals surface area contributed by atoms with E-state index in [9.17, 15) is 26.7 Å². The molecule has 0 saturated carbocycles. The van der Waals surface area contributed by atoms with Gasteiger partial charge in [-0.25, -0.2) is 18.7 Å². The van der Waals surface area contributed by atoms with Gasteiger partial charge in [-0.1, -0.05) is 26.0 Å². The van der Waals surface area contributed by atoms with E-state index in [-0.39, 0.29) is 30.0 Å². The van der Waals surface area contributed by atoms with Gasteiger partial charge in [-0.05, 0) is 53.6 Å². The van der Waals surface area contributed by atoms with Gasteiger partial charge in [0.05, 0.1) is 41.2 Å². The lowest BCUT2D eigenvalue weighted by Gasteiger charge is -2.14. The second-order valence-electron chi connectivity index (χ2n) is 9.75. The lowest BCUT2D eigenvalue weighted by Crippen LogP contribution is -2.25. The number of fused-ring (bicyclic) bond motifs is 3. The second-order valence-corrected chi connectivity index (χ2v) is 10.9. The van der Waals surface area contributed by atoms with Gasteiger partial charge >= 0.3 is 6.18 Å². The summed E-state index contributed by atoms with van der Waals surface area (Å²) in [5.74, 6) is -3.07. The van der Waals surface area contributed by atoms with Gasteiger partial charge in [0.2, 0.25) is 0 Å². The number of rotatable bonds is 7.